The van der Waals surface area contributed by atoms with Gasteiger partial charge in [0.1, 0.15) is 12.4 Å². The van der Waals surface area contributed by atoms with E-state index in [1.807, 2.05) is 43.4 Å². The molecular weight excluding hydrogens is 302 g/mol. The number of hydrogen-bond donors (Lipinski definition) is 2. The summed E-state index contributed by atoms with van der Waals surface area (Å²) in [6.07, 6.45) is 2.68. The van der Waals surface area contributed by atoms with Gasteiger partial charge in [0, 0.05) is 24.1 Å². The molecule has 0 aliphatic rings. The van der Waals surface area contributed by atoms with Crippen molar-refractivity contribution < 1.29 is 14.9 Å². The highest BCUT2D eigenvalue weighted by Crippen LogP contribution is 2.27. The summed E-state index contributed by atoms with van der Waals surface area (Å²) in [7, 11) is 2.01. The van der Waals surface area contributed by atoms with Crippen molar-refractivity contribution in [3.63, 3.8) is 0 Å². The molecule has 0 saturated carbocycles. The van der Waals surface area contributed by atoms with Crippen LogP contribution in [-0.2, 0) is 20.1 Å². The molecule has 4 heteroatoms. The van der Waals surface area contributed by atoms with Crippen molar-refractivity contribution in [2.24, 2.45) is 7.05 Å². The number of aliphatic hydroxyl groups is 2. The fraction of sp³-hybridized carbons (Fsp3) is 0.300. The maximum Gasteiger partial charge on any atom is 0.120 e. The summed E-state index contributed by atoms with van der Waals surface area (Å²) in [5.74, 6) is 0.835. The van der Waals surface area contributed by atoms with E-state index >= 15 is 0 Å². The summed E-state index contributed by atoms with van der Waals surface area (Å²) >= 11 is 0. The van der Waals surface area contributed by atoms with E-state index in [9.17, 15) is 5.11 Å². The maximum atomic E-state index is 9.58. The Morgan fingerprint density at radius 3 is 2.67 bits per heavy atom. The van der Waals surface area contributed by atoms with Gasteiger partial charge in [0.15, 0.2) is 0 Å². The molecule has 2 aromatic carbocycles. The minimum atomic E-state index is -0.669. The molecule has 2 N–H and O–H groups in total. The Bertz CT molecular complexity index is 795. The third-order valence-electron chi connectivity index (χ3n) is 4.25. The summed E-state index contributed by atoms with van der Waals surface area (Å²) in [4.78, 5) is 0. The second-order valence-electron chi connectivity index (χ2n) is 6.09. The van der Waals surface area contributed by atoms with Crippen molar-refractivity contribution in [2.75, 3.05) is 6.61 Å². The molecule has 1 heterocycles. The first kappa shape index (κ1) is 16.6. The van der Waals surface area contributed by atoms with Gasteiger partial charge in [0.05, 0.1) is 12.7 Å². The van der Waals surface area contributed by atoms with Gasteiger partial charge in [-0.15, -0.1) is 0 Å². The van der Waals surface area contributed by atoms with Gasteiger partial charge in [-0.3, -0.25) is 0 Å². The summed E-state index contributed by atoms with van der Waals surface area (Å²) in [6.45, 7) is 0.341. The van der Waals surface area contributed by atoms with Crippen LogP contribution in [0.5, 0.6) is 5.75 Å². The van der Waals surface area contributed by atoms with Crippen molar-refractivity contribution >= 4 is 10.9 Å². The SMILES string of the molecule is Cn1cc(CC[C@H](O)CO)c2cc(OCc3ccccc3)ccc21. The van der Waals surface area contributed by atoms with Gasteiger partial charge in [-0.1, -0.05) is 30.3 Å². The second kappa shape index (κ2) is 7.51. The minimum absolute atomic E-state index is 0.198. The number of hydrogen-bond acceptors (Lipinski definition) is 3. The third-order valence-corrected chi connectivity index (χ3v) is 4.25. The molecule has 3 aromatic rings. The lowest BCUT2D eigenvalue weighted by atomic mass is 10.1. The first-order valence-corrected chi connectivity index (χ1v) is 8.21. The van der Waals surface area contributed by atoms with Gasteiger partial charge in [-0.05, 0) is 42.2 Å². The quantitative estimate of drug-likeness (QED) is 0.702. The van der Waals surface area contributed by atoms with Gasteiger partial charge in [-0.25, -0.2) is 0 Å². The van der Waals surface area contributed by atoms with E-state index in [0.717, 1.165) is 34.2 Å². The molecule has 0 amide bonds. The average molecular weight is 325 g/mol. The van der Waals surface area contributed by atoms with Crippen LogP contribution in [0.25, 0.3) is 10.9 Å². The summed E-state index contributed by atoms with van der Waals surface area (Å²) in [5.41, 5.74) is 3.43. The highest BCUT2D eigenvalue weighted by molar-refractivity contribution is 5.85. The molecular formula is C20H23NO3. The molecule has 24 heavy (non-hydrogen) atoms. The van der Waals surface area contributed by atoms with Gasteiger partial charge in [0.2, 0.25) is 0 Å². The zero-order chi connectivity index (χ0) is 16.9. The molecule has 0 fully saturated rings. The molecule has 0 aliphatic heterocycles. The number of rotatable bonds is 7. The van der Waals surface area contributed by atoms with Crippen LogP contribution in [-0.4, -0.2) is 27.5 Å². The number of nitrogens with zero attached hydrogens (tertiary/aromatic N) is 1. The van der Waals surface area contributed by atoms with Crippen molar-refractivity contribution in [1.29, 1.82) is 0 Å². The molecule has 1 aromatic heterocycles. The lowest BCUT2D eigenvalue weighted by molar-refractivity contribution is 0.0886. The van der Waals surface area contributed by atoms with Gasteiger partial charge in [0.25, 0.3) is 0 Å². The zero-order valence-corrected chi connectivity index (χ0v) is 13.9. The molecule has 3 rings (SSSR count). The molecule has 0 radical (unpaired) electrons. The number of aromatic nitrogens is 1. The van der Waals surface area contributed by atoms with Gasteiger partial charge < -0.3 is 19.5 Å². The number of fused-ring (bicyclic) bond motifs is 1. The number of aliphatic hydroxyl groups excluding tert-OH is 2. The van der Waals surface area contributed by atoms with E-state index in [2.05, 4.69) is 22.9 Å². The first-order valence-electron chi connectivity index (χ1n) is 8.21. The van der Waals surface area contributed by atoms with Crippen LogP contribution < -0.4 is 4.74 Å². The van der Waals surface area contributed by atoms with Crippen LogP contribution in [0.4, 0.5) is 0 Å². The Kier molecular flexibility index (Phi) is 5.18. The Morgan fingerprint density at radius 2 is 1.92 bits per heavy atom. The smallest absolute Gasteiger partial charge is 0.120 e. The van der Waals surface area contributed by atoms with E-state index < -0.39 is 6.10 Å². The van der Waals surface area contributed by atoms with E-state index in [-0.39, 0.29) is 6.61 Å². The number of benzene rings is 2. The number of ether oxygens (including phenoxy) is 1. The predicted molar refractivity (Wildman–Crippen MR) is 95.1 cm³/mol. The summed E-state index contributed by atoms with van der Waals surface area (Å²) < 4.78 is 7.99. The lowest BCUT2D eigenvalue weighted by Crippen LogP contribution is -2.12. The lowest BCUT2D eigenvalue weighted by Gasteiger charge is -2.08. The largest absolute Gasteiger partial charge is 0.489 e. The van der Waals surface area contributed by atoms with Crippen LogP contribution in [0.2, 0.25) is 0 Å². The van der Waals surface area contributed by atoms with Crippen LogP contribution in [0, 0.1) is 0 Å². The average Bonchev–Trinajstić information content (AvgIpc) is 2.94. The van der Waals surface area contributed by atoms with Crippen molar-refractivity contribution in [3.05, 3.63) is 65.9 Å². The highest BCUT2D eigenvalue weighted by atomic mass is 16.5. The third kappa shape index (κ3) is 3.78. The van der Waals surface area contributed by atoms with Gasteiger partial charge >= 0.3 is 0 Å². The Morgan fingerprint density at radius 1 is 1.12 bits per heavy atom. The predicted octanol–water partition coefficient (Wildman–Crippen LogP) is 3.04. The fourth-order valence-corrected chi connectivity index (χ4v) is 2.90. The molecule has 0 bridgehead atoms. The molecule has 0 aliphatic carbocycles. The Labute approximate surface area is 141 Å². The van der Waals surface area contributed by atoms with Crippen molar-refractivity contribution in [1.82, 2.24) is 4.57 Å². The Hall–Kier alpha value is -2.30. The minimum Gasteiger partial charge on any atom is -0.489 e. The fourth-order valence-electron chi connectivity index (χ4n) is 2.90. The topological polar surface area (TPSA) is 54.6 Å². The number of aryl methyl sites for hydroxylation is 2. The monoisotopic (exact) mass is 325 g/mol. The van der Waals surface area contributed by atoms with E-state index in [0.29, 0.717) is 13.0 Å². The standard InChI is InChI=1S/C20H23NO3/c1-21-12-16(7-8-17(23)13-22)19-11-18(9-10-20(19)21)24-14-15-5-3-2-4-6-15/h2-6,9-12,17,22-23H,7-8,13-14H2,1H3/t17-/m0/s1. The molecule has 126 valence electrons. The van der Waals surface area contributed by atoms with Crippen molar-refractivity contribution in [3.8, 4) is 5.75 Å². The van der Waals surface area contributed by atoms with Gasteiger partial charge in [-0.2, -0.15) is 0 Å². The molecule has 4 nitrogen and oxygen atoms in total. The molecule has 0 unspecified atom stereocenters. The van der Waals surface area contributed by atoms with E-state index in [1.54, 1.807) is 0 Å². The van der Waals surface area contributed by atoms with Crippen LogP contribution >= 0.6 is 0 Å². The molecule has 1 atom stereocenters. The van der Waals surface area contributed by atoms with E-state index in [4.69, 9.17) is 9.84 Å². The Balaban J connectivity index is 1.78. The van der Waals surface area contributed by atoms with Crippen molar-refractivity contribution in [2.45, 2.75) is 25.6 Å². The molecule has 0 saturated heterocycles. The van der Waals surface area contributed by atoms with Crippen LogP contribution in [0.1, 0.15) is 17.5 Å². The highest BCUT2D eigenvalue weighted by Gasteiger charge is 2.10. The summed E-state index contributed by atoms with van der Waals surface area (Å²) in [5, 5.41) is 19.7. The van der Waals surface area contributed by atoms with Crippen LogP contribution in [0.3, 0.4) is 0 Å². The normalized spacial score (nSPS) is 12.5. The molecule has 0 spiro atoms. The van der Waals surface area contributed by atoms with Crippen LogP contribution in [0.15, 0.2) is 54.7 Å². The summed E-state index contributed by atoms with van der Waals surface area (Å²) in [6, 6.07) is 16.2. The zero-order valence-electron chi connectivity index (χ0n) is 13.9. The van der Waals surface area contributed by atoms with E-state index in [1.165, 1.54) is 0 Å². The first-order chi connectivity index (χ1) is 11.7. The maximum absolute atomic E-state index is 9.58. The second-order valence-corrected chi connectivity index (χ2v) is 6.09.